The van der Waals surface area contributed by atoms with Crippen LogP contribution < -0.4 is 10.3 Å². The summed E-state index contributed by atoms with van der Waals surface area (Å²) in [7, 11) is 1.59. The first-order valence-electron chi connectivity index (χ1n) is 11.4. The second kappa shape index (κ2) is 7.77. The van der Waals surface area contributed by atoms with Crippen LogP contribution >= 0.6 is 0 Å². The van der Waals surface area contributed by atoms with Crippen LogP contribution in [0.5, 0.6) is 5.75 Å². The fourth-order valence-corrected chi connectivity index (χ4v) is 4.82. The molecule has 35 heavy (non-hydrogen) atoms. The van der Waals surface area contributed by atoms with Gasteiger partial charge in [0.2, 0.25) is 0 Å². The van der Waals surface area contributed by atoms with E-state index in [1.807, 2.05) is 60.0 Å². The zero-order valence-corrected chi connectivity index (χ0v) is 19.9. The van der Waals surface area contributed by atoms with Crippen LogP contribution in [0.25, 0.3) is 44.6 Å². The third-order valence-corrected chi connectivity index (χ3v) is 6.24. The molecule has 0 saturated carbocycles. The van der Waals surface area contributed by atoms with Gasteiger partial charge >= 0.3 is 0 Å². The fourth-order valence-electron chi connectivity index (χ4n) is 4.82. The van der Waals surface area contributed by atoms with Gasteiger partial charge in [-0.1, -0.05) is 30.3 Å². The molecule has 0 fully saturated rings. The Balaban J connectivity index is 1.83. The summed E-state index contributed by atoms with van der Waals surface area (Å²) < 4.78 is 9.08. The molecule has 0 aliphatic heterocycles. The summed E-state index contributed by atoms with van der Waals surface area (Å²) in [6.45, 7) is 5.94. The second-order valence-corrected chi connectivity index (χ2v) is 8.74. The minimum atomic E-state index is -0.213. The van der Waals surface area contributed by atoms with Gasteiger partial charge in [0.25, 0.3) is 5.56 Å². The number of benzene rings is 3. The Hall–Kier alpha value is -4.52. The molecule has 0 amide bonds. The van der Waals surface area contributed by atoms with Crippen molar-refractivity contribution in [3.8, 4) is 17.1 Å². The van der Waals surface area contributed by atoms with E-state index in [1.165, 1.54) is 0 Å². The van der Waals surface area contributed by atoms with E-state index < -0.39 is 0 Å². The van der Waals surface area contributed by atoms with Crippen molar-refractivity contribution in [1.82, 2.24) is 24.1 Å². The fraction of sp³-hybridized carbons (Fsp3) is 0.143. The van der Waals surface area contributed by atoms with Crippen LogP contribution in [0.1, 0.15) is 17.0 Å². The molecule has 3 aromatic heterocycles. The molecule has 6 rings (SSSR count). The number of methoxy groups -OCH3 is 1. The van der Waals surface area contributed by atoms with Gasteiger partial charge < -0.3 is 4.74 Å². The summed E-state index contributed by atoms with van der Waals surface area (Å²) in [5.41, 5.74) is 6.69. The van der Waals surface area contributed by atoms with E-state index in [4.69, 9.17) is 19.7 Å². The topological polar surface area (TPSA) is 74.8 Å². The molecular formula is C28H23N5O2. The average Bonchev–Trinajstić information content (AvgIpc) is 3.15. The molecule has 0 aliphatic carbocycles. The van der Waals surface area contributed by atoms with E-state index in [1.54, 1.807) is 11.7 Å². The lowest BCUT2D eigenvalue weighted by atomic mass is 10.1. The van der Waals surface area contributed by atoms with Crippen LogP contribution in [-0.2, 0) is 0 Å². The summed E-state index contributed by atoms with van der Waals surface area (Å²) in [6, 6.07) is 21.4. The highest BCUT2D eigenvalue weighted by Gasteiger charge is 2.23. The summed E-state index contributed by atoms with van der Waals surface area (Å²) in [4.78, 5) is 28.9. The number of aryl methyl sites for hydroxylation is 3. The smallest absolute Gasteiger partial charge is 0.270 e. The molecule has 172 valence electrons. The van der Waals surface area contributed by atoms with E-state index in [-0.39, 0.29) is 5.56 Å². The first kappa shape index (κ1) is 21.0. The quantitative estimate of drug-likeness (QED) is 0.362. The number of aromatic nitrogens is 5. The van der Waals surface area contributed by atoms with Crippen LogP contribution in [0.3, 0.4) is 0 Å². The van der Waals surface area contributed by atoms with Gasteiger partial charge in [-0.2, -0.15) is 0 Å². The first-order valence-corrected chi connectivity index (χ1v) is 11.4. The van der Waals surface area contributed by atoms with Gasteiger partial charge in [0.15, 0.2) is 11.3 Å². The van der Waals surface area contributed by atoms with E-state index in [2.05, 4.69) is 32.0 Å². The van der Waals surface area contributed by atoms with Gasteiger partial charge in [0.1, 0.15) is 22.5 Å². The van der Waals surface area contributed by atoms with Crippen molar-refractivity contribution in [2.75, 3.05) is 7.11 Å². The van der Waals surface area contributed by atoms with E-state index in [9.17, 15) is 4.79 Å². The largest absolute Gasteiger partial charge is 0.495 e. The van der Waals surface area contributed by atoms with Crippen LogP contribution in [0.2, 0.25) is 0 Å². The predicted molar refractivity (Wildman–Crippen MR) is 138 cm³/mol. The molecule has 0 aliphatic rings. The number of nitrogens with zero attached hydrogens (tertiary/aromatic N) is 5. The summed E-state index contributed by atoms with van der Waals surface area (Å²) in [5, 5.41) is 0.425. The van der Waals surface area contributed by atoms with Crippen molar-refractivity contribution >= 4 is 33.2 Å². The van der Waals surface area contributed by atoms with Crippen LogP contribution in [0.4, 0.5) is 0 Å². The first-order chi connectivity index (χ1) is 17.0. The summed E-state index contributed by atoms with van der Waals surface area (Å²) in [5.74, 6) is 1.14. The number of hydrogen-bond acceptors (Lipinski definition) is 5. The molecule has 3 heterocycles. The maximum Gasteiger partial charge on any atom is 0.270 e. The lowest BCUT2D eigenvalue weighted by Crippen LogP contribution is -2.23. The highest BCUT2D eigenvalue weighted by atomic mass is 16.5. The Morgan fingerprint density at radius 3 is 2.11 bits per heavy atom. The van der Waals surface area contributed by atoms with Crippen molar-refractivity contribution in [1.29, 1.82) is 0 Å². The monoisotopic (exact) mass is 461 g/mol. The predicted octanol–water partition coefficient (Wildman–Crippen LogP) is 5.21. The molecule has 0 bridgehead atoms. The number of para-hydroxylation sites is 4. The van der Waals surface area contributed by atoms with Gasteiger partial charge in [0.05, 0.1) is 23.8 Å². The van der Waals surface area contributed by atoms with Gasteiger partial charge in [-0.05, 0) is 68.3 Å². The lowest BCUT2D eigenvalue weighted by Gasteiger charge is -2.14. The van der Waals surface area contributed by atoms with Crippen molar-refractivity contribution < 1.29 is 4.74 Å². The Bertz CT molecular complexity index is 1830. The van der Waals surface area contributed by atoms with Crippen molar-refractivity contribution in [2.45, 2.75) is 20.8 Å². The standard InChI is InChI=1S/C28H23N5O2/c1-16-13-17(2)15-19(14-16)33-26-24(25-27(33)31-21-10-6-5-9-20(21)30-25)28(34)32(18(3)29-26)22-11-7-8-12-23(22)35-4/h5-15H,1-4H3. The molecular weight excluding hydrogens is 438 g/mol. The highest BCUT2D eigenvalue weighted by Crippen LogP contribution is 2.31. The number of ether oxygens (including phenoxy) is 1. The Kier molecular flexibility index (Phi) is 4.67. The minimum Gasteiger partial charge on any atom is -0.495 e. The third-order valence-electron chi connectivity index (χ3n) is 6.24. The van der Waals surface area contributed by atoms with Gasteiger partial charge in [-0.25, -0.2) is 15.0 Å². The zero-order chi connectivity index (χ0) is 24.3. The Labute approximate surface area is 201 Å². The lowest BCUT2D eigenvalue weighted by molar-refractivity contribution is 0.412. The van der Waals surface area contributed by atoms with Crippen LogP contribution in [0, 0.1) is 20.8 Å². The van der Waals surface area contributed by atoms with Crippen molar-refractivity contribution in [2.24, 2.45) is 0 Å². The van der Waals surface area contributed by atoms with Crippen LogP contribution in [0.15, 0.2) is 71.5 Å². The average molecular weight is 462 g/mol. The van der Waals surface area contributed by atoms with Crippen molar-refractivity contribution in [3.05, 3.63) is 94.0 Å². The molecule has 0 atom stereocenters. The number of fused-ring (bicyclic) bond motifs is 4. The summed E-state index contributed by atoms with van der Waals surface area (Å²) >= 11 is 0. The molecule has 6 aromatic rings. The van der Waals surface area contributed by atoms with E-state index >= 15 is 0 Å². The van der Waals surface area contributed by atoms with Gasteiger partial charge in [0, 0.05) is 5.69 Å². The number of hydrogen-bond donors (Lipinski definition) is 0. The number of rotatable bonds is 3. The zero-order valence-electron chi connectivity index (χ0n) is 19.9. The Morgan fingerprint density at radius 2 is 1.40 bits per heavy atom. The normalized spacial score (nSPS) is 11.5. The maximum absolute atomic E-state index is 14.1. The molecule has 7 heteroatoms. The minimum absolute atomic E-state index is 0.213. The SMILES string of the molecule is COc1ccccc1-n1c(C)nc2c(c1=O)c1nc3ccccc3nc1n2-c1cc(C)cc(C)c1. The van der Waals surface area contributed by atoms with Gasteiger partial charge in [-0.15, -0.1) is 0 Å². The summed E-state index contributed by atoms with van der Waals surface area (Å²) in [6.07, 6.45) is 0. The van der Waals surface area contributed by atoms with E-state index in [0.717, 1.165) is 27.8 Å². The molecule has 0 unspecified atom stereocenters. The Morgan fingerprint density at radius 1 is 0.743 bits per heavy atom. The van der Waals surface area contributed by atoms with Crippen molar-refractivity contribution in [3.63, 3.8) is 0 Å². The molecule has 3 aromatic carbocycles. The second-order valence-electron chi connectivity index (χ2n) is 8.74. The van der Waals surface area contributed by atoms with Gasteiger partial charge in [-0.3, -0.25) is 13.9 Å². The van der Waals surface area contributed by atoms with E-state index in [0.29, 0.717) is 39.5 Å². The molecule has 7 nitrogen and oxygen atoms in total. The molecule has 0 N–H and O–H groups in total. The molecule has 0 saturated heterocycles. The highest BCUT2D eigenvalue weighted by molar-refractivity contribution is 6.06. The van der Waals surface area contributed by atoms with Crippen LogP contribution in [-0.4, -0.2) is 31.2 Å². The molecule has 0 radical (unpaired) electrons. The maximum atomic E-state index is 14.1. The molecule has 0 spiro atoms. The third kappa shape index (κ3) is 3.19.